The van der Waals surface area contributed by atoms with Gasteiger partial charge in [0.25, 0.3) is 0 Å². The van der Waals surface area contributed by atoms with E-state index in [1.165, 1.54) is 7.11 Å². The largest absolute Gasteiger partial charge is 0.469 e. The third-order valence-corrected chi connectivity index (χ3v) is 2.58. The zero-order chi connectivity index (χ0) is 9.84. The number of nitrogens with one attached hydrogen (secondary N) is 1. The molecule has 0 aliphatic carbocycles. The molecule has 2 unspecified atom stereocenters. The number of hydrogen-bond donors (Lipinski definition) is 1. The molecule has 1 heterocycles. The molecular weight excluding hydrogens is 170 g/mol. The zero-order valence-electron chi connectivity index (χ0n) is 8.00. The molecule has 4 nitrogen and oxygen atoms in total. The van der Waals surface area contributed by atoms with Gasteiger partial charge in [-0.1, -0.05) is 6.92 Å². The third kappa shape index (κ3) is 2.44. The Hall–Kier alpha value is -1.06. The van der Waals surface area contributed by atoms with E-state index in [-0.39, 0.29) is 23.7 Å². The van der Waals surface area contributed by atoms with Gasteiger partial charge in [-0.25, -0.2) is 0 Å². The molecule has 1 amide bonds. The lowest BCUT2D eigenvalue weighted by molar-refractivity contribution is -0.147. The van der Waals surface area contributed by atoms with Crippen LogP contribution in [0.25, 0.3) is 0 Å². The number of amides is 1. The lowest BCUT2D eigenvalue weighted by Gasteiger charge is -2.26. The van der Waals surface area contributed by atoms with E-state index in [0.717, 1.165) is 6.42 Å². The first kappa shape index (κ1) is 10.0. The first-order valence-electron chi connectivity index (χ1n) is 4.49. The van der Waals surface area contributed by atoms with Gasteiger partial charge in [0.1, 0.15) is 0 Å². The molecule has 2 atom stereocenters. The fourth-order valence-corrected chi connectivity index (χ4v) is 1.56. The monoisotopic (exact) mass is 185 g/mol. The minimum absolute atomic E-state index is 0.0771. The quantitative estimate of drug-likeness (QED) is 0.630. The molecule has 4 heteroatoms. The van der Waals surface area contributed by atoms with E-state index in [9.17, 15) is 9.59 Å². The summed E-state index contributed by atoms with van der Waals surface area (Å²) in [5.41, 5.74) is 0. The van der Waals surface area contributed by atoms with Crippen LogP contribution >= 0.6 is 0 Å². The van der Waals surface area contributed by atoms with Gasteiger partial charge in [-0.2, -0.15) is 0 Å². The Labute approximate surface area is 77.6 Å². The molecule has 0 aromatic rings. The molecule has 0 spiro atoms. The Morgan fingerprint density at radius 1 is 1.69 bits per heavy atom. The normalized spacial score (nSPS) is 24.8. The van der Waals surface area contributed by atoms with E-state index in [1.807, 2.05) is 6.92 Å². The maximum absolute atomic E-state index is 11.2. The summed E-state index contributed by atoms with van der Waals surface area (Å²) in [6, 6.07) is 0. The molecule has 13 heavy (non-hydrogen) atoms. The lowest BCUT2D eigenvalue weighted by Crippen LogP contribution is -2.39. The van der Waals surface area contributed by atoms with Crippen LogP contribution in [0.4, 0.5) is 0 Å². The van der Waals surface area contributed by atoms with Crippen molar-refractivity contribution in [1.29, 1.82) is 0 Å². The molecule has 0 aromatic heterocycles. The van der Waals surface area contributed by atoms with Crippen molar-refractivity contribution < 1.29 is 14.3 Å². The number of methoxy groups -OCH3 is 1. The van der Waals surface area contributed by atoms with Crippen molar-refractivity contribution >= 4 is 11.9 Å². The zero-order valence-corrected chi connectivity index (χ0v) is 8.00. The predicted molar refractivity (Wildman–Crippen MR) is 46.9 cm³/mol. The van der Waals surface area contributed by atoms with Gasteiger partial charge in [0.05, 0.1) is 13.0 Å². The summed E-state index contributed by atoms with van der Waals surface area (Å²) in [7, 11) is 1.39. The van der Waals surface area contributed by atoms with Crippen LogP contribution in [0.5, 0.6) is 0 Å². The molecule has 0 saturated carbocycles. The van der Waals surface area contributed by atoms with Gasteiger partial charge in [0.2, 0.25) is 5.91 Å². The molecule has 1 aliphatic heterocycles. The van der Waals surface area contributed by atoms with Crippen LogP contribution in [0.1, 0.15) is 19.8 Å². The van der Waals surface area contributed by atoms with Crippen molar-refractivity contribution in [2.75, 3.05) is 13.7 Å². The van der Waals surface area contributed by atoms with Crippen LogP contribution in [-0.2, 0) is 14.3 Å². The van der Waals surface area contributed by atoms with E-state index in [2.05, 4.69) is 10.1 Å². The van der Waals surface area contributed by atoms with Crippen LogP contribution in [0, 0.1) is 11.8 Å². The molecule has 1 saturated heterocycles. The summed E-state index contributed by atoms with van der Waals surface area (Å²) < 4.78 is 4.64. The highest BCUT2D eigenvalue weighted by Gasteiger charge is 2.28. The van der Waals surface area contributed by atoms with Crippen molar-refractivity contribution in [2.45, 2.75) is 19.8 Å². The van der Waals surface area contributed by atoms with Crippen molar-refractivity contribution in [3.63, 3.8) is 0 Å². The second-order valence-corrected chi connectivity index (χ2v) is 3.41. The number of esters is 1. The van der Waals surface area contributed by atoms with Crippen LogP contribution < -0.4 is 5.32 Å². The number of piperidine rings is 1. The minimum Gasteiger partial charge on any atom is -0.469 e. The van der Waals surface area contributed by atoms with E-state index in [1.54, 1.807) is 0 Å². The number of carbonyl (C=O) groups is 2. The molecule has 1 N–H and O–H groups in total. The van der Waals surface area contributed by atoms with Gasteiger partial charge in [0.15, 0.2) is 0 Å². The second kappa shape index (κ2) is 4.25. The fraction of sp³-hybridized carbons (Fsp3) is 0.778. The molecule has 0 aromatic carbocycles. The summed E-state index contributed by atoms with van der Waals surface area (Å²) in [6.07, 6.45) is 1.30. The van der Waals surface area contributed by atoms with Crippen molar-refractivity contribution in [1.82, 2.24) is 5.32 Å². The Kier molecular flexibility index (Phi) is 3.28. The van der Waals surface area contributed by atoms with Crippen molar-refractivity contribution in [2.24, 2.45) is 11.8 Å². The van der Waals surface area contributed by atoms with Crippen molar-refractivity contribution in [3.8, 4) is 0 Å². The van der Waals surface area contributed by atoms with Crippen LogP contribution in [-0.4, -0.2) is 25.5 Å². The van der Waals surface area contributed by atoms with E-state index in [4.69, 9.17) is 0 Å². The second-order valence-electron chi connectivity index (χ2n) is 3.41. The van der Waals surface area contributed by atoms with Crippen LogP contribution in [0.3, 0.4) is 0 Å². The Morgan fingerprint density at radius 2 is 2.38 bits per heavy atom. The van der Waals surface area contributed by atoms with E-state index >= 15 is 0 Å². The van der Waals surface area contributed by atoms with Gasteiger partial charge in [0, 0.05) is 13.0 Å². The first-order chi connectivity index (χ1) is 6.15. The summed E-state index contributed by atoms with van der Waals surface area (Å²) >= 11 is 0. The molecule has 1 fully saturated rings. The fourth-order valence-electron chi connectivity index (χ4n) is 1.56. The lowest BCUT2D eigenvalue weighted by atomic mass is 9.87. The Balaban J connectivity index is 2.44. The van der Waals surface area contributed by atoms with E-state index in [0.29, 0.717) is 13.0 Å². The van der Waals surface area contributed by atoms with Gasteiger partial charge < -0.3 is 10.1 Å². The Morgan fingerprint density at radius 3 is 2.85 bits per heavy atom. The van der Waals surface area contributed by atoms with Crippen LogP contribution in [0.2, 0.25) is 0 Å². The average Bonchev–Trinajstić information content (AvgIpc) is 2.17. The average molecular weight is 185 g/mol. The summed E-state index contributed by atoms with van der Waals surface area (Å²) in [5, 5.41) is 2.75. The molecule has 0 radical (unpaired) electrons. The summed E-state index contributed by atoms with van der Waals surface area (Å²) in [6.45, 7) is 2.43. The smallest absolute Gasteiger partial charge is 0.308 e. The van der Waals surface area contributed by atoms with Gasteiger partial charge in [-0.15, -0.1) is 0 Å². The topological polar surface area (TPSA) is 55.4 Å². The maximum Gasteiger partial charge on any atom is 0.308 e. The molecule has 1 aliphatic rings. The highest BCUT2D eigenvalue weighted by molar-refractivity contribution is 5.77. The van der Waals surface area contributed by atoms with Crippen molar-refractivity contribution in [3.05, 3.63) is 0 Å². The summed E-state index contributed by atoms with van der Waals surface area (Å²) in [4.78, 5) is 22.0. The van der Waals surface area contributed by atoms with E-state index < -0.39 is 0 Å². The number of carbonyl (C=O) groups excluding carboxylic acids is 2. The minimum atomic E-state index is -0.193. The highest BCUT2D eigenvalue weighted by Crippen LogP contribution is 2.20. The first-order valence-corrected chi connectivity index (χ1v) is 4.49. The summed E-state index contributed by atoms with van der Waals surface area (Å²) in [5.74, 6) is -0.00906. The maximum atomic E-state index is 11.2. The number of rotatable bonds is 2. The third-order valence-electron chi connectivity index (χ3n) is 2.58. The molecule has 0 bridgehead atoms. The van der Waals surface area contributed by atoms with Gasteiger partial charge in [-0.05, 0) is 12.3 Å². The van der Waals surface area contributed by atoms with Crippen LogP contribution in [0.15, 0.2) is 0 Å². The molecule has 1 rings (SSSR count). The SMILES string of the molecule is COC(=O)C(C)C1CCC(=O)NC1. The standard InChI is InChI=1S/C9H15NO3/c1-6(9(12)13-2)7-3-4-8(11)10-5-7/h6-7H,3-5H2,1-2H3,(H,10,11). The molecule has 74 valence electrons. The Bertz CT molecular complexity index is 205. The van der Waals surface area contributed by atoms with Gasteiger partial charge >= 0.3 is 5.97 Å². The number of hydrogen-bond acceptors (Lipinski definition) is 3. The molecular formula is C9H15NO3. The number of ether oxygens (including phenoxy) is 1. The highest BCUT2D eigenvalue weighted by atomic mass is 16.5. The predicted octanol–water partition coefficient (Wildman–Crippen LogP) is 0.322. The van der Waals surface area contributed by atoms with Gasteiger partial charge in [-0.3, -0.25) is 9.59 Å².